The second-order valence-electron chi connectivity index (χ2n) is 4.82. The first-order valence-corrected chi connectivity index (χ1v) is 6.63. The summed E-state index contributed by atoms with van der Waals surface area (Å²) in [7, 11) is 0. The highest BCUT2D eigenvalue weighted by molar-refractivity contribution is 5.93. The lowest BCUT2D eigenvalue weighted by molar-refractivity contribution is -0.385. The average molecular weight is 295 g/mol. The van der Waals surface area contributed by atoms with Crippen LogP contribution in [0.3, 0.4) is 0 Å². The number of benzene rings is 1. The van der Waals surface area contributed by atoms with Gasteiger partial charge in [-0.15, -0.1) is 0 Å². The van der Waals surface area contributed by atoms with E-state index >= 15 is 0 Å². The molecule has 21 heavy (non-hydrogen) atoms. The Morgan fingerprint density at radius 1 is 1.29 bits per heavy atom. The van der Waals surface area contributed by atoms with Crippen LogP contribution < -0.4 is 4.90 Å². The van der Waals surface area contributed by atoms with E-state index in [4.69, 9.17) is 10.2 Å². The number of anilines is 1. The van der Waals surface area contributed by atoms with Crippen molar-refractivity contribution < 1.29 is 19.9 Å². The third kappa shape index (κ3) is 3.47. The molecule has 0 saturated carbocycles. The molecular formula is C13H17N3O5. The molecule has 1 aliphatic rings. The number of hydrogen-bond donors (Lipinski definition) is 2. The van der Waals surface area contributed by atoms with Gasteiger partial charge in [-0.3, -0.25) is 15.0 Å². The van der Waals surface area contributed by atoms with Crippen molar-refractivity contribution in [3.63, 3.8) is 0 Å². The van der Waals surface area contributed by atoms with Crippen molar-refractivity contribution in [3.8, 4) is 0 Å². The normalized spacial score (nSPS) is 16.0. The van der Waals surface area contributed by atoms with Gasteiger partial charge in [0.15, 0.2) is 0 Å². The molecule has 1 saturated heterocycles. The number of rotatable bonds is 5. The quantitative estimate of drug-likeness (QED) is 0.598. The van der Waals surface area contributed by atoms with Gasteiger partial charge in [0.25, 0.3) is 5.69 Å². The Bertz CT molecular complexity index is 541. The Hall–Kier alpha value is -2.19. The number of aliphatic hydroxyl groups excluding tert-OH is 1. The number of hydrogen-bond acceptors (Lipinski definition) is 6. The summed E-state index contributed by atoms with van der Waals surface area (Å²) >= 11 is 0. The molecule has 114 valence electrons. The summed E-state index contributed by atoms with van der Waals surface area (Å²) in [5.74, 6) is -1.30. The molecule has 8 nitrogen and oxygen atoms in total. The Morgan fingerprint density at radius 3 is 2.48 bits per heavy atom. The predicted octanol–water partition coefficient (Wildman–Crippen LogP) is 0.407. The molecular weight excluding hydrogens is 278 g/mol. The zero-order valence-corrected chi connectivity index (χ0v) is 11.4. The van der Waals surface area contributed by atoms with Crippen LogP contribution in [0.15, 0.2) is 18.2 Å². The number of nitro groups is 1. The Morgan fingerprint density at radius 2 is 1.95 bits per heavy atom. The number of carbonyl (C=O) groups is 1. The fraction of sp³-hybridized carbons (Fsp3) is 0.462. The van der Waals surface area contributed by atoms with E-state index in [1.54, 1.807) is 6.07 Å². The van der Waals surface area contributed by atoms with Gasteiger partial charge in [0.05, 0.1) is 11.5 Å². The summed E-state index contributed by atoms with van der Waals surface area (Å²) in [6.45, 7) is 3.64. The molecule has 0 aliphatic carbocycles. The van der Waals surface area contributed by atoms with Crippen LogP contribution in [-0.2, 0) is 0 Å². The van der Waals surface area contributed by atoms with Crippen LogP contribution >= 0.6 is 0 Å². The summed E-state index contributed by atoms with van der Waals surface area (Å²) in [4.78, 5) is 25.4. The van der Waals surface area contributed by atoms with Crippen LogP contribution in [0.4, 0.5) is 11.4 Å². The van der Waals surface area contributed by atoms with E-state index in [0.717, 1.165) is 13.1 Å². The van der Waals surface area contributed by atoms with Gasteiger partial charge in [0.2, 0.25) is 0 Å². The minimum absolute atomic E-state index is 0.112. The van der Waals surface area contributed by atoms with Gasteiger partial charge < -0.3 is 15.1 Å². The fourth-order valence-electron chi connectivity index (χ4n) is 2.42. The predicted molar refractivity (Wildman–Crippen MR) is 75.8 cm³/mol. The molecule has 1 fully saturated rings. The second kappa shape index (κ2) is 6.51. The molecule has 0 bridgehead atoms. The minimum Gasteiger partial charge on any atom is -0.477 e. The first kappa shape index (κ1) is 15.2. The Kier molecular flexibility index (Phi) is 4.71. The van der Waals surface area contributed by atoms with E-state index in [0.29, 0.717) is 25.3 Å². The van der Waals surface area contributed by atoms with Crippen molar-refractivity contribution in [1.82, 2.24) is 4.90 Å². The standard InChI is InChI=1S/C13H17N3O5/c17-8-7-14-3-5-15(6-4-14)10-1-2-12(16(20)21)11(9-10)13(18)19/h1-2,9,17H,3-8H2,(H,18,19). The van der Waals surface area contributed by atoms with Crippen molar-refractivity contribution in [1.29, 1.82) is 0 Å². The van der Waals surface area contributed by atoms with Crippen molar-refractivity contribution >= 4 is 17.3 Å². The number of aliphatic hydroxyl groups is 1. The van der Waals surface area contributed by atoms with E-state index in [9.17, 15) is 14.9 Å². The third-order valence-corrected chi connectivity index (χ3v) is 3.56. The number of nitro benzene ring substituents is 1. The van der Waals surface area contributed by atoms with Crippen molar-refractivity contribution in [2.45, 2.75) is 0 Å². The smallest absolute Gasteiger partial charge is 0.342 e. The number of β-amino-alcohol motifs (C(OH)–C–C–N with tert-alkyl or cyclic N) is 1. The van der Waals surface area contributed by atoms with E-state index in [-0.39, 0.29) is 12.2 Å². The van der Waals surface area contributed by atoms with Gasteiger partial charge in [-0.1, -0.05) is 0 Å². The molecule has 0 amide bonds. The van der Waals surface area contributed by atoms with Crippen molar-refractivity contribution in [2.24, 2.45) is 0 Å². The molecule has 1 heterocycles. The van der Waals surface area contributed by atoms with Crippen LogP contribution in [0, 0.1) is 10.1 Å². The molecule has 0 unspecified atom stereocenters. The lowest BCUT2D eigenvalue weighted by Crippen LogP contribution is -2.47. The zero-order chi connectivity index (χ0) is 15.4. The number of carboxylic acid groups (broad SMARTS) is 1. The van der Waals surface area contributed by atoms with Crippen LogP contribution in [0.1, 0.15) is 10.4 Å². The molecule has 1 aromatic rings. The lowest BCUT2D eigenvalue weighted by Gasteiger charge is -2.35. The summed E-state index contributed by atoms with van der Waals surface area (Å²) in [6.07, 6.45) is 0. The van der Waals surface area contributed by atoms with Crippen LogP contribution in [0.25, 0.3) is 0 Å². The molecule has 8 heteroatoms. The van der Waals surface area contributed by atoms with Crippen LogP contribution in [0.2, 0.25) is 0 Å². The first-order chi connectivity index (χ1) is 10.0. The number of piperazine rings is 1. The van der Waals surface area contributed by atoms with Gasteiger partial charge in [-0.2, -0.15) is 0 Å². The lowest BCUT2D eigenvalue weighted by atomic mass is 10.1. The summed E-state index contributed by atoms with van der Waals surface area (Å²) in [5.41, 5.74) is -0.0258. The number of aromatic carboxylic acids is 1. The molecule has 0 aromatic heterocycles. The van der Waals surface area contributed by atoms with Gasteiger partial charge in [-0.05, 0) is 12.1 Å². The molecule has 1 aromatic carbocycles. The molecule has 0 atom stereocenters. The van der Waals surface area contributed by atoms with Crippen molar-refractivity contribution in [2.75, 3.05) is 44.2 Å². The maximum Gasteiger partial charge on any atom is 0.342 e. The van der Waals surface area contributed by atoms with E-state index in [1.165, 1.54) is 12.1 Å². The van der Waals surface area contributed by atoms with Crippen molar-refractivity contribution in [3.05, 3.63) is 33.9 Å². The van der Waals surface area contributed by atoms with Gasteiger partial charge >= 0.3 is 5.97 Å². The van der Waals surface area contributed by atoms with Gasteiger partial charge in [0, 0.05) is 44.5 Å². The highest BCUT2D eigenvalue weighted by Gasteiger charge is 2.23. The summed E-state index contributed by atoms with van der Waals surface area (Å²) < 4.78 is 0. The van der Waals surface area contributed by atoms with E-state index < -0.39 is 16.6 Å². The third-order valence-electron chi connectivity index (χ3n) is 3.56. The Balaban J connectivity index is 2.16. The SMILES string of the molecule is O=C(O)c1cc(N2CCN(CCO)CC2)ccc1[N+](=O)[O-]. The largest absolute Gasteiger partial charge is 0.477 e. The van der Waals surface area contributed by atoms with E-state index in [1.807, 2.05) is 4.90 Å². The Labute approximate surface area is 121 Å². The molecule has 2 N–H and O–H groups in total. The number of nitrogens with zero attached hydrogens (tertiary/aromatic N) is 3. The monoisotopic (exact) mass is 295 g/mol. The fourth-order valence-corrected chi connectivity index (χ4v) is 2.42. The maximum absolute atomic E-state index is 11.1. The zero-order valence-electron chi connectivity index (χ0n) is 11.4. The molecule has 0 spiro atoms. The second-order valence-corrected chi connectivity index (χ2v) is 4.82. The van der Waals surface area contributed by atoms with Crippen LogP contribution in [0.5, 0.6) is 0 Å². The maximum atomic E-state index is 11.1. The van der Waals surface area contributed by atoms with E-state index in [2.05, 4.69) is 4.90 Å². The minimum atomic E-state index is -1.30. The molecule has 2 rings (SSSR count). The van der Waals surface area contributed by atoms with Gasteiger partial charge in [0.1, 0.15) is 5.56 Å². The highest BCUT2D eigenvalue weighted by atomic mass is 16.6. The molecule has 0 radical (unpaired) electrons. The first-order valence-electron chi connectivity index (χ1n) is 6.63. The summed E-state index contributed by atoms with van der Waals surface area (Å²) in [5, 5.41) is 28.8. The van der Waals surface area contributed by atoms with Gasteiger partial charge in [-0.25, -0.2) is 4.79 Å². The van der Waals surface area contributed by atoms with Crippen LogP contribution in [-0.4, -0.2) is 65.3 Å². The topological polar surface area (TPSA) is 107 Å². The highest BCUT2D eigenvalue weighted by Crippen LogP contribution is 2.25. The summed E-state index contributed by atoms with van der Waals surface area (Å²) in [6, 6.07) is 4.16. The average Bonchev–Trinajstić information content (AvgIpc) is 2.47. The molecule has 1 aliphatic heterocycles. The number of carboxylic acids is 1.